The molecule has 3 rings (SSSR count). The van der Waals surface area contributed by atoms with Crippen molar-refractivity contribution in [1.82, 2.24) is 5.32 Å². The summed E-state index contributed by atoms with van der Waals surface area (Å²) in [4.78, 5) is 12.6. The predicted octanol–water partition coefficient (Wildman–Crippen LogP) is 3.09. The molecule has 0 fully saturated rings. The zero-order valence-corrected chi connectivity index (χ0v) is 14.2. The number of rotatable bonds is 5. The first kappa shape index (κ1) is 17.0. The summed E-state index contributed by atoms with van der Waals surface area (Å²) in [6.07, 6.45) is 0.459. The number of phenols is 1. The molecule has 0 bridgehead atoms. The van der Waals surface area contributed by atoms with Crippen LogP contribution in [0.4, 0.5) is 0 Å². The number of aryl methyl sites for hydroxylation is 2. The lowest BCUT2D eigenvalue weighted by Crippen LogP contribution is -2.39. The van der Waals surface area contributed by atoms with Crippen molar-refractivity contribution in [1.29, 1.82) is 0 Å². The van der Waals surface area contributed by atoms with Gasteiger partial charge in [0.15, 0.2) is 5.76 Å². The van der Waals surface area contributed by atoms with Gasteiger partial charge in [-0.25, -0.2) is 0 Å². The van der Waals surface area contributed by atoms with E-state index in [4.69, 9.17) is 4.42 Å². The molecule has 0 saturated carbocycles. The van der Waals surface area contributed by atoms with E-state index in [1.54, 1.807) is 24.3 Å². The number of aliphatic hydroxyl groups is 1. The van der Waals surface area contributed by atoms with Crippen LogP contribution in [0, 0.1) is 13.8 Å². The van der Waals surface area contributed by atoms with Crippen LogP contribution in [-0.4, -0.2) is 28.8 Å². The Hall–Kier alpha value is -2.79. The monoisotopic (exact) mass is 339 g/mol. The molecule has 2 aromatic carbocycles. The average molecular weight is 339 g/mol. The number of aliphatic hydroxyl groups excluding tert-OH is 1. The second kappa shape index (κ2) is 6.99. The van der Waals surface area contributed by atoms with Crippen LogP contribution in [0.5, 0.6) is 5.75 Å². The molecule has 1 amide bonds. The Morgan fingerprint density at radius 3 is 2.52 bits per heavy atom. The molecular formula is C20H21NO4. The standard InChI is InChI=1S/C20H21NO4/c1-12-4-3-5-17-13(2)19(25-18(12)17)20(24)21-15(11-22)10-14-6-8-16(23)9-7-14/h3-9,15,22-23H,10-11H2,1-2H3,(H,21,24)/t15-/m0/s1. The van der Waals surface area contributed by atoms with E-state index in [0.717, 1.165) is 22.1 Å². The number of carbonyl (C=O) groups excluding carboxylic acids is 1. The normalized spacial score (nSPS) is 12.3. The number of hydrogen-bond donors (Lipinski definition) is 3. The minimum absolute atomic E-state index is 0.182. The summed E-state index contributed by atoms with van der Waals surface area (Å²) in [7, 11) is 0. The molecule has 0 spiro atoms. The molecule has 0 aliphatic rings. The zero-order valence-electron chi connectivity index (χ0n) is 14.2. The third-order valence-electron chi connectivity index (χ3n) is 4.34. The minimum atomic E-state index is -0.439. The molecule has 3 N–H and O–H groups in total. The summed E-state index contributed by atoms with van der Waals surface area (Å²) in [5, 5.41) is 22.7. The fourth-order valence-electron chi connectivity index (χ4n) is 2.93. The molecule has 1 atom stereocenters. The number of nitrogens with one attached hydrogen (secondary N) is 1. The lowest BCUT2D eigenvalue weighted by Gasteiger charge is -2.16. The van der Waals surface area contributed by atoms with Crippen LogP contribution in [0.15, 0.2) is 46.9 Å². The van der Waals surface area contributed by atoms with Crippen LogP contribution < -0.4 is 5.32 Å². The molecular weight excluding hydrogens is 318 g/mol. The van der Waals surface area contributed by atoms with E-state index in [1.165, 1.54) is 0 Å². The average Bonchev–Trinajstić information content (AvgIpc) is 2.95. The maximum absolute atomic E-state index is 12.6. The fraction of sp³-hybridized carbons (Fsp3) is 0.250. The molecule has 3 aromatic rings. The van der Waals surface area contributed by atoms with Crippen LogP contribution >= 0.6 is 0 Å². The van der Waals surface area contributed by atoms with E-state index in [2.05, 4.69) is 5.32 Å². The summed E-state index contributed by atoms with van der Waals surface area (Å²) in [6.45, 7) is 3.60. The molecule has 1 heterocycles. The number of furan rings is 1. The lowest BCUT2D eigenvalue weighted by atomic mass is 10.1. The Bertz CT molecular complexity index is 896. The van der Waals surface area contributed by atoms with Gasteiger partial charge in [0.05, 0.1) is 12.6 Å². The minimum Gasteiger partial charge on any atom is -0.508 e. The molecule has 130 valence electrons. The Balaban J connectivity index is 1.79. The van der Waals surface area contributed by atoms with Crippen molar-refractivity contribution < 1.29 is 19.4 Å². The lowest BCUT2D eigenvalue weighted by molar-refractivity contribution is 0.0889. The SMILES string of the molecule is Cc1c(C(=O)N[C@H](CO)Cc2ccc(O)cc2)oc2c(C)cccc12. The summed E-state index contributed by atoms with van der Waals surface area (Å²) < 4.78 is 5.78. The number of para-hydroxylation sites is 1. The molecule has 25 heavy (non-hydrogen) atoms. The quantitative estimate of drug-likeness (QED) is 0.667. The third-order valence-corrected chi connectivity index (χ3v) is 4.34. The number of hydrogen-bond acceptors (Lipinski definition) is 4. The van der Waals surface area contributed by atoms with Crippen molar-refractivity contribution in [2.75, 3.05) is 6.61 Å². The van der Waals surface area contributed by atoms with Gasteiger partial charge in [0.2, 0.25) is 0 Å². The Morgan fingerprint density at radius 1 is 1.16 bits per heavy atom. The molecule has 5 nitrogen and oxygen atoms in total. The van der Waals surface area contributed by atoms with Gasteiger partial charge in [0.1, 0.15) is 11.3 Å². The molecule has 0 radical (unpaired) electrons. The number of aromatic hydroxyl groups is 1. The van der Waals surface area contributed by atoms with Crippen molar-refractivity contribution >= 4 is 16.9 Å². The fourth-order valence-corrected chi connectivity index (χ4v) is 2.93. The van der Waals surface area contributed by atoms with Crippen molar-refractivity contribution in [2.24, 2.45) is 0 Å². The van der Waals surface area contributed by atoms with Gasteiger partial charge < -0.3 is 19.9 Å². The first-order valence-electron chi connectivity index (χ1n) is 8.18. The molecule has 0 aliphatic heterocycles. The topological polar surface area (TPSA) is 82.7 Å². The van der Waals surface area contributed by atoms with E-state index < -0.39 is 6.04 Å². The van der Waals surface area contributed by atoms with Crippen molar-refractivity contribution in [3.05, 3.63) is 64.9 Å². The van der Waals surface area contributed by atoms with E-state index >= 15 is 0 Å². The van der Waals surface area contributed by atoms with E-state index in [0.29, 0.717) is 12.0 Å². The predicted molar refractivity (Wildman–Crippen MR) is 95.8 cm³/mol. The first-order chi connectivity index (χ1) is 12.0. The summed E-state index contributed by atoms with van der Waals surface area (Å²) in [5.74, 6) is 0.112. The second-order valence-electron chi connectivity index (χ2n) is 6.23. The van der Waals surface area contributed by atoms with Crippen LogP contribution in [0.1, 0.15) is 27.2 Å². The van der Waals surface area contributed by atoms with Crippen LogP contribution in [0.3, 0.4) is 0 Å². The van der Waals surface area contributed by atoms with Gasteiger partial charge in [-0.2, -0.15) is 0 Å². The number of phenolic OH excluding ortho intramolecular Hbond substituents is 1. The van der Waals surface area contributed by atoms with E-state index in [-0.39, 0.29) is 24.0 Å². The Morgan fingerprint density at radius 2 is 1.88 bits per heavy atom. The highest BCUT2D eigenvalue weighted by molar-refractivity contribution is 5.99. The van der Waals surface area contributed by atoms with Crippen LogP contribution in [0.2, 0.25) is 0 Å². The van der Waals surface area contributed by atoms with Crippen molar-refractivity contribution in [2.45, 2.75) is 26.3 Å². The van der Waals surface area contributed by atoms with Gasteiger partial charge in [-0.3, -0.25) is 4.79 Å². The van der Waals surface area contributed by atoms with Crippen molar-refractivity contribution in [3.8, 4) is 5.75 Å². The third kappa shape index (κ3) is 3.51. The molecule has 0 unspecified atom stereocenters. The van der Waals surface area contributed by atoms with Gasteiger partial charge in [0, 0.05) is 10.9 Å². The number of benzene rings is 2. The molecule has 0 saturated heterocycles. The van der Waals surface area contributed by atoms with Gasteiger partial charge in [-0.15, -0.1) is 0 Å². The summed E-state index contributed by atoms with van der Waals surface area (Å²) >= 11 is 0. The van der Waals surface area contributed by atoms with E-state index in [9.17, 15) is 15.0 Å². The highest BCUT2D eigenvalue weighted by Crippen LogP contribution is 2.27. The van der Waals surface area contributed by atoms with Crippen LogP contribution in [-0.2, 0) is 6.42 Å². The summed E-state index contributed by atoms with van der Waals surface area (Å²) in [5.41, 5.74) is 3.39. The molecule has 0 aliphatic carbocycles. The number of carbonyl (C=O) groups is 1. The Labute approximate surface area is 145 Å². The van der Waals surface area contributed by atoms with Gasteiger partial charge in [-0.1, -0.05) is 30.3 Å². The second-order valence-corrected chi connectivity index (χ2v) is 6.23. The first-order valence-corrected chi connectivity index (χ1v) is 8.18. The largest absolute Gasteiger partial charge is 0.508 e. The Kier molecular flexibility index (Phi) is 4.76. The van der Waals surface area contributed by atoms with E-state index in [1.807, 2.05) is 32.0 Å². The smallest absolute Gasteiger partial charge is 0.287 e. The molecule has 1 aromatic heterocycles. The highest BCUT2D eigenvalue weighted by atomic mass is 16.3. The van der Waals surface area contributed by atoms with Gasteiger partial charge >= 0.3 is 0 Å². The van der Waals surface area contributed by atoms with Crippen molar-refractivity contribution in [3.63, 3.8) is 0 Å². The number of amides is 1. The zero-order chi connectivity index (χ0) is 18.0. The summed E-state index contributed by atoms with van der Waals surface area (Å²) in [6, 6.07) is 12.1. The van der Waals surface area contributed by atoms with Gasteiger partial charge in [-0.05, 0) is 43.5 Å². The maximum atomic E-state index is 12.6. The maximum Gasteiger partial charge on any atom is 0.287 e. The number of fused-ring (bicyclic) bond motifs is 1. The van der Waals surface area contributed by atoms with Crippen LogP contribution in [0.25, 0.3) is 11.0 Å². The molecule has 5 heteroatoms. The highest BCUT2D eigenvalue weighted by Gasteiger charge is 2.21. The van der Waals surface area contributed by atoms with Gasteiger partial charge in [0.25, 0.3) is 5.91 Å².